The molecule has 4 rings (SSSR count). The fourth-order valence-corrected chi connectivity index (χ4v) is 7.71. The van der Waals surface area contributed by atoms with Crippen LogP contribution in [0.5, 0.6) is 0 Å². The Labute approximate surface area is 326 Å². The Bertz CT molecular complexity index is 1850. The van der Waals surface area contributed by atoms with E-state index in [0.29, 0.717) is 33.5 Å². The monoisotopic (exact) mass is 802 g/mol. The van der Waals surface area contributed by atoms with Crippen molar-refractivity contribution in [2.24, 2.45) is 23.1 Å². The number of nitrogens with zero attached hydrogens (tertiary/aromatic N) is 1. The molecule has 0 bridgehead atoms. The van der Waals surface area contributed by atoms with Gasteiger partial charge in [-0.15, -0.1) is 11.8 Å². The molecule has 3 heterocycles. The number of nitrogens with two attached hydrogens (primary N) is 3. The minimum absolute atomic E-state index is 0.0987. The molecule has 21 heteroatoms. The van der Waals surface area contributed by atoms with E-state index in [1.807, 2.05) is 0 Å². The van der Waals surface area contributed by atoms with E-state index in [4.69, 9.17) is 17.2 Å². The van der Waals surface area contributed by atoms with Gasteiger partial charge >= 0.3 is 0 Å². The van der Waals surface area contributed by atoms with Crippen molar-refractivity contribution >= 4 is 69.9 Å². The second kappa shape index (κ2) is 19.1. The summed E-state index contributed by atoms with van der Waals surface area (Å²) >= 11 is 1.03. The van der Waals surface area contributed by atoms with Gasteiger partial charge < -0.3 is 63.9 Å². The van der Waals surface area contributed by atoms with E-state index >= 15 is 0 Å². The van der Waals surface area contributed by atoms with E-state index in [9.17, 15) is 48.6 Å². The van der Waals surface area contributed by atoms with Gasteiger partial charge in [0, 0.05) is 29.6 Å². The minimum Gasteiger partial charge on any atom is -0.391 e. The van der Waals surface area contributed by atoms with Gasteiger partial charge in [-0.1, -0.05) is 32.4 Å². The molecule has 2 aliphatic heterocycles. The van der Waals surface area contributed by atoms with Gasteiger partial charge in [0.1, 0.15) is 24.2 Å². The molecule has 0 spiro atoms. The van der Waals surface area contributed by atoms with Crippen LogP contribution in [-0.4, -0.2) is 129 Å². The van der Waals surface area contributed by atoms with Crippen molar-refractivity contribution < 1.29 is 48.6 Å². The summed E-state index contributed by atoms with van der Waals surface area (Å²) in [7, 11) is 0. The quantitative estimate of drug-likeness (QED) is 0.117. The first-order valence-electron chi connectivity index (χ1n) is 18.1. The van der Waals surface area contributed by atoms with Crippen molar-refractivity contribution in [3.63, 3.8) is 0 Å². The summed E-state index contributed by atoms with van der Waals surface area (Å²) in [4.78, 5) is 109. The maximum absolute atomic E-state index is 14.0. The first kappa shape index (κ1) is 43.5. The number of aliphatic hydroxyl groups is 2. The summed E-state index contributed by atoms with van der Waals surface area (Å²) in [6.07, 6.45) is -2.54. The van der Waals surface area contributed by atoms with Crippen molar-refractivity contribution in [1.29, 1.82) is 0 Å². The van der Waals surface area contributed by atoms with Gasteiger partial charge in [-0.05, 0) is 36.5 Å². The van der Waals surface area contributed by atoms with Crippen LogP contribution >= 0.6 is 11.8 Å². The lowest BCUT2D eigenvalue weighted by Gasteiger charge is -2.28. The number of benzene rings is 1. The Hall–Kier alpha value is -5.25. The second-order valence-electron chi connectivity index (χ2n) is 14.0. The number of fused-ring (bicyclic) bond motifs is 3. The lowest BCUT2D eigenvalue weighted by molar-refractivity contribution is -0.142. The Kier molecular flexibility index (Phi) is 14.8. The number of β-amino-alcohol motifs (C(OH)–C–C–N with tert-alkyl or cyclic N) is 1. The number of carbonyl (C=O) groups is 8. The molecule has 2 aliphatic rings. The van der Waals surface area contributed by atoms with Crippen LogP contribution in [0.15, 0.2) is 23.2 Å². The van der Waals surface area contributed by atoms with Crippen molar-refractivity contribution in [2.45, 2.75) is 93.9 Å². The predicted molar refractivity (Wildman–Crippen MR) is 202 cm³/mol. The number of aromatic nitrogens is 1. The third-order valence-electron chi connectivity index (χ3n) is 9.75. The highest BCUT2D eigenvalue weighted by molar-refractivity contribution is 7.99. The van der Waals surface area contributed by atoms with Gasteiger partial charge in [0.2, 0.25) is 47.3 Å². The third kappa shape index (κ3) is 10.7. The average molecular weight is 803 g/mol. The van der Waals surface area contributed by atoms with Crippen LogP contribution in [-0.2, 0) is 44.8 Å². The van der Waals surface area contributed by atoms with Crippen LogP contribution in [0, 0.1) is 5.92 Å². The number of carbonyl (C=O) groups excluding carboxylic acids is 8. The van der Waals surface area contributed by atoms with Gasteiger partial charge in [0.25, 0.3) is 0 Å². The molecular formula is C35H50N10O10S. The number of rotatable bonds is 9. The number of nitrogens with one attached hydrogen (secondary N) is 6. The lowest BCUT2D eigenvalue weighted by Crippen LogP contribution is -2.58. The lowest BCUT2D eigenvalue weighted by atomic mass is 9.98. The van der Waals surface area contributed by atoms with Gasteiger partial charge in [-0.2, -0.15) is 0 Å². The van der Waals surface area contributed by atoms with Crippen LogP contribution in [0.3, 0.4) is 0 Å². The highest BCUT2D eigenvalue weighted by Gasteiger charge is 2.41. The number of likely N-dealkylation sites (tertiary alicyclic amines) is 1. The number of thioether (sulfide) groups is 1. The van der Waals surface area contributed by atoms with Gasteiger partial charge in [-0.3, -0.25) is 38.4 Å². The molecule has 0 aliphatic carbocycles. The SMILES string of the molecule is CCC(C)C1NC(=O)CNC(=O)C(N)Cc2c([nH]c3cccc(C(C)O)c23)SCC(C(=O)NC(CC(N)=O)C(=O)N2CC(O)CC2C(N)=O)NC(=O)CNC1=O. The minimum atomic E-state index is -1.63. The van der Waals surface area contributed by atoms with Crippen LogP contribution in [0.4, 0.5) is 0 Å². The Morgan fingerprint density at radius 2 is 1.68 bits per heavy atom. The van der Waals surface area contributed by atoms with Crippen LogP contribution in [0.2, 0.25) is 0 Å². The topological polar surface area (TPSA) is 334 Å². The summed E-state index contributed by atoms with van der Waals surface area (Å²) < 4.78 is 0. The molecule has 1 aromatic heterocycles. The third-order valence-corrected chi connectivity index (χ3v) is 10.9. The molecule has 56 heavy (non-hydrogen) atoms. The van der Waals surface area contributed by atoms with Crippen LogP contribution < -0.4 is 43.8 Å². The second-order valence-corrected chi connectivity index (χ2v) is 15.0. The van der Waals surface area contributed by atoms with E-state index in [1.54, 1.807) is 39.0 Å². The highest BCUT2D eigenvalue weighted by atomic mass is 32.2. The Morgan fingerprint density at radius 3 is 2.30 bits per heavy atom. The molecule has 14 N–H and O–H groups in total. The van der Waals surface area contributed by atoms with Crippen LogP contribution in [0.1, 0.15) is 57.3 Å². The Morgan fingerprint density at radius 1 is 1.02 bits per heavy atom. The normalized spacial score (nSPS) is 24.6. The molecule has 8 unspecified atom stereocenters. The molecular weight excluding hydrogens is 753 g/mol. The zero-order chi connectivity index (χ0) is 41.4. The van der Waals surface area contributed by atoms with E-state index in [1.165, 1.54) is 0 Å². The predicted octanol–water partition coefficient (Wildman–Crippen LogP) is -3.75. The molecule has 306 valence electrons. The average Bonchev–Trinajstić information content (AvgIpc) is 3.71. The van der Waals surface area contributed by atoms with Crippen molar-refractivity contribution in [1.82, 2.24) is 36.5 Å². The number of H-pyrrole nitrogens is 1. The first-order valence-corrected chi connectivity index (χ1v) is 19.1. The van der Waals surface area contributed by atoms with Gasteiger partial charge in [-0.25, -0.2) is 0 Å². The van der Waals surface area contributed by atoms with Gasteiger partial charge in [0.05, 0.1) is 42.8 Å². The zero-order valence-corrected chi connectivity index (χ0v) is 32.1. The molecule has 2 aromatic rings. The summed E-state index contributed by atoms with van der Waals surface area (Å²) in [5, 5.41) is 34.3. The largest absolute Gasteiger partial charge is 0.391 e. The summed E-state index contributed by atoms with van der Waals surface area (Å²) in [5.74, 6) is -7.28. The molecule has 20 nitrogen and oxygen atoms in total. The van der Waals surface area contributed by atoms with Crippen molar-refractivity contribution in [2.75, 3.05) is 25.4 Å². The standard InChI is InChI=1S/C35H50N10O10S/c1-4-15(2)29-33(54)40-11-26(49)41-23(32(53)42-22(10-25(37)48)35(55)45-13-17(47)8-24(45)30(38)51)14-56-34-19(9-20(36)31(52)39-12-27(50)44-29)28-18(16(3)46)6-5-7-21(28)43-34/h5-7,15-17,20,22-24,29,43,46-47H,4,8-14,36H2,1-3H3,(H2,37,48)(H2,38,51)(H,39,52)(H,40,54)(H,41,49)(H,42,53)(H,44,50). The molecule has 0 radical (unpaired) electrons. The molecule has 8 amide bonds. The summed E-state index contributed by atoms with van der Waals surface area (Å²) in [5.41, 5.74) is 18.8. The number of primary amides is 2. The number of aromatic amines is 1. The smallest absolute Gasteiger partial charge is 0.246 e. The zero-order valence-electron chi connectivity index (χ0n) is 31.3. The van der Waals surface area contributed by atoms with E-state index in [0.717, 1.165) is 16.7 Å². The van der Waals surface area contributed by atoms with E-state index in [-0.39, 0.29) is 25.1 Å². The maximum Gasteiger partial charge on any atom is 0.246 e. The van der Waals surface area contributed by atoms with Crippen molar-refractivity contribution in [3.8, 4) is 0 Å². The van der Waals surface area contributed by atoms with E-state index in [2.05, 4.69) is 31.6 Å². The molecule has 1 fully saturated rings. The number of amides is 8. The summed E-state index contributed by atoms with van der Waals surface area (Å²) in [6.45, 7) is 3.64. The fraction of sp³-hybridized carbons (Fsp3) is 0.543. The molecule has 1 aromatic carbocycles. The molecule has 0 saturated carbocycles. The molecule has 8 atom stereocenters. The molecule has 1 saturated heterocycles. The van der Waals surface area contributed by atoms with Crippen molar-refractivity contribution in [3.05, 3.63) is 29.3 Å². The number of hydrogen-bond donors (Lipinski definition) is 11. The van der Waals surface area contributed by atoms with Gasteiger partial charge in [0.15, 0.2) is 0 Å². The Balaban J connectivity index is 1.73. The van der Waals surface area contributed by atoms with Crippen LogP contribution in [0.25, 0.3) is 10.9 Å². The highest BCUT2D eigenvalue weighted by Crippen LogP contribution is 2.35. The van der Waals surface area contributed by atoms with E-state index < -0.39 is 115 Å². The number of hydrogen-bond acceptors (Lipinski definition) is 12. The maximum atomic E-state index is 14.0. The summed E-state index contributed by atoms with van der Waals surface area (Å²) in [6, 6.07) is -1.47. The first-order chi connectivity index (χ1) is 26.4. The fourth-order valence-electron chi connectivity index (χ4n) is 6.60. The number of aliphatic hydroxyl groups excluding tert-OH is 2.